The van der Waals surface area contributed by atoms with E-state index in [1.807, 2.05) is 0 Å². The molecule has 1 rings (SSSR count). The predicted molar refractivity (Wildman–Crippen MR) is 68.2 cm³/mol. The summed E-state index contributed by atoms with van der Waals surface area (Å²) in [6, 6.07) is 4.25. The van der Waals surface area contributed by atoms with Gasteiger partial charge in [-0.25, -0.2) is 0 Å². The largest absolute Gasteiger partial charge is 0.405 e. The Morgan fingerprint density at radius 2 is 2.05 bits per heavy atom. The summed E-state index contributed by atoms with van der Waals surface area (Å²) >= 11 is 0. The lowest BCUT2D eigenvalue weighted by Gasteiger charge is -2.23. The summed E-state index contributed by atoms with van der Waals surface area (Å²) in [5, 5.41) is 2.58. The standard InChI is InChI=1S/C12H16F3N3O/c1-3-17-11(19)8-4-5-9(16)10(6-8)18(2)7-12(13,14)15/h4-6H,3,7,16H2,1-2H3,(H,17,19). The summed E-state index contributed by atoms with van der Waals surface area (Å²) in [5.74, 6) is -0.343. The van der Waals surface area contributed by atoms with Crippen LogP contribution in [0.25, 0.3) is 0 Å². The second-order valence-corrected chi connectivity index (χ2v) is 4.10. The molecule has 0 radical (unpaired) electrons. The zero-order valence-corrected chi connectivity index (χ0v) is 10.7. The fourth-order valence-corrected chi connectivity index (χ4v) is 1.63. The first-order valence-electron chi connectivity index (χ1n) is 5.70. The highest BCUT2D eigenvalue weighted by Gasteiger charge is 2.30. The van der Waals surface area contributed by atoms with Crippen molar-refractivity contribution in [2.45, 2.75) is 13.1 Å². The van der Waals surface area contributed by atoms with Gasteiger partial charge in [0.05, 0.1) is 11.4 Å². The fourth-order valence-electron chi connectivity index (χ4n) is 1.63. The molecule has 0 aliphatic carbocycles. The lowest BCUT2D eigenvalue weighted by Crippen LogP contribution is -2.31. The number of benzene rings is 1. The molecule has 1 amide bonds. The zero-order chi connectivity index (χ0) is 14.6. The van der Waals surface area contributed by atoms with Gasteiger partial charge in [-0.2, -0.15) is 13.2 Å². The molecule has 19 heavy (non-hydrogen) atoms. The van der Waals surface area contributed by atoms with Crippen LogP contribution in [0.4, 0.5) is 24.5 Å². The summed E-state index contributed by atoms with van der Waals surface area (Å²) in [6.45, 7) is 1.07. The quantitative estimate of drug-likeness (QED) is 0.826. The second kappa shape index (κ2) is 5.81. The van der Waals surface area contributed by atoms with Crippen LogP contribution in [-0.4, -0.2) is 32.2 Å². The third-order valence-electron chi connectivity index (χ3n) is 2.46. The summed E-state index contributed by atoms with van der Waals surface area (Å²) in [6.07, 6.45) is -4.33. The molecule has 0 atom stereocenters. The number of alkyl halides is 3. The van der Waals surface area contributed by atoms with Crippen molar-refractivity contribution in [3.63, 3.8) is 0 Å². The number of carbonyl (C=O) groups is 1. The number of hydrogen-bond acceptors (Lipinski definition) is 3. The van der Waals surface area contributed by atoms with Gasteiger partial charge in [-0.15, -0.1) is 0 Å². The topological polar surface area (TPSA) is 58.4 Å². The average molecular weight is 275 g/mol. The van der Waals surface area contributed by atoms with Crippen molar-refractivity contribution in [3.05, 3.63) is 23.8 Å². The van der Waals surface area contributed by atoms with Crippen molar-refractivity contribution in [1.29, 1.82) is 0 Å². The molecule has 0 saturated carbocycles. The van der Waals surface area contributed by atoms with Gasteiger partial charge in [0.1, 0.15) is 6.54 Å². The van der Waals surface area contributed by atoms with Crippen molar-refractivity contribution in [2.75, 3.05) is 30.8 Å². The smallest absolute Gasteiger partial charge is 0.397 e. The molecule has 1 aromatic carbocycles. The number of nitrogen functional groups attached to an aromatic ring is 1. The van der Waals surface area contributed by atoms with Gasteiger partial charge >= 0.3 is 6.18 Å². The van der Waals surface area contributed by atoms with Crippen molar-refractivity contribution in [1.82, 2.24) is 5.32 Å². The SMILES string of the molecule is CCNC(=O)c1ccc(N)c(N(C)CC(F)(F)F)c1. The normalized spacial score (nSPS) is 11.2. The van der Waals surface area contributed by atoms with Crippen LogP contribution in [0.3, 0.4) is 0 Å². The molecule has 0 aliphatic rings. The van der Waals surface area contributed by atoms with E-state index >= 15 is 0 Å². The van der Waals surface area contributed by atoms with Crippen LogP contribution in [0.15, 0.2) is 18.2 Å². The molecule has 0 unspecified atom stereocenters. The Morgan fingerprint density at radius 3 is 2.58 bits per heavy atom. The minimum absolute atomic E-state index is 0.182. The molecule has 0 aromatic heterocycles. The number of anilines is 2. The minimum Gasteiger partial charge on any atom is -0.397 e. The van der Waals surface area contributed by atoms with Gasteiger partial charge in [0.15, 0.2) is 0 Å². The molecule has 0 bridgehead atoms. The Hall–Kier alpha value is -1.92. The number of carbonyl (C=O) groups excluding carboxylic acids is 1. The van der Waals surface area contributed by atoms with Gasteiger partial charge in [-0.3, -0.25) is 4.79 Å². The number of nitrogens with two attached hydrogens (primary N) is 1. The van der Waals surface area contributed by atoms with E-state index in [1.165, 1.54) is 25.2 Å². The molecule has 0 spiro atoms. The summed E-state index contributed by atoms with van der Waals surface area (Å²) in [7, 11) is 1.28. The number of halogens is 3. The molecule has 0 saturated heterocycles. The number of nitrogens with one attached hydrogen (secondary N) is 1. The maximum atomic E-state index is 12.3. The second-order valence-electron chi connectivity index (χ2n) is 4.10. The third kappa shape index (κ3) is 4.35. The molecular weight excluding hydrogens is 259 g/mol. The monoisotopic (exact) mass is 275 g/mol. The van der Waals surface area contributed by atoms with Crippen molar-refractivity contribution in [3.8, 4) is 0 Å². The van der Waals surface area contributed by atoms with Crippen LogP contribution in [-0.2, 0) is 0 Å². The van der Waals surface area contributed by atoms with Crippen molar-refractivity contribution in [2.24, 2.45) is 0 Å². The van der Waals surface area contributed by atoms with Crippen molar-refractivity contribution >= 4 is 17.3 Å². The highest BCUT2D eigenvalue weighted by Crippen LogP contribution is 2.27. The summed E-state index contributed by atoms with van der Waals surface area (Å²) in [5.41, 5.74) is 6.30. The fraction of sp³-hybridized carbons (Fsp3) is 0.417. The highest BCUT2D eigenvalue weighted by molar-refractivity contribution is 5.96. The molecule has 0 aliphatic heterocycles. The van der Waals surface area contributed by atoms with Crippen LogP contribution in [0.5, 0.6) is 0 Å². The first-order valence-corrected chi connectivity index (χ1v) is 5.70. The van der Waals surface area contributed by atoms with E-state index in [-0.39, 0.29) is 22.8 Å². The Bertz CT molecular complexity index is 460. The Labute approximate surface area is 109 Å². The number of nitrogens with zero attached hydrogens (tertiary/aromatic N) is 1. The first-order chi connectivity index (χ1) is 8.74. The minimum atomic E-state index is -4.33. The van der Waals surface area contributed by atoms with Gasteiger partial charge in [0, 0.05) is 19.2 Å². The molecule has 0 heterocycles. The van der Waals surface area contributed by atoms with E-state index in [4.69, 9.17) is 5.73 Å². The molecule has 7 heteroatoms. The molecule has 1 aromatic rings. The van der Waals surface area contributed by atoms with Gasteiger partial charge in [-0.1, -0.05) is 0 Å². The molecule has 106 valence electrons. The lowest BCUT2D eigenvalue weighted by molar-refractivity contribution is -0.119. The Kier molecular flexibility index (Phi) is 4.63. The third-order valence-corrected chi connectivity index (χ3v) is 2.46. The van der Waals surface area contributed by atoms with E-state index in [0.717, 1.165) is 4.90 Å². The van der Waals surface area contributed by atoms with Crippen LogP contribution < -0.4 is 16.0 Å². The Balaban J connectivity index is 3.00. The van der Waals surface area contributed by atoms with E-state index in [1.54, 1.807) is 6.92 Å². The van der Waals surface area contributed by atoms with Gasteiger partial charge in [-0.05, 0) is 25.1 Å². The Morgan fingerprint density at radius 1 is 1.42 bits per heavy atom. The van der Waals surface area contributed by atoms with Gasteiger partial charge in [0.2, 0.25) is 0 Å². The highest BCUT2D eigenvalue weighted by atomic mass is 19.4. The lowest BCUT2D eigenvalue weighted by atomic mass is 10.1. The molecule has 0 fully saturated rings. The number of hydrogen-bond donors (Lipinski definition) is 2. The van der Waals surface area contributed by atoms with Gasteiger partial charge in [0.25, 0.3) is 5.91 Å². The van der Waals surface area contributed by atoms with Crippen LogP contribution in [0.2, 0.25) is 0 Å². The van der Waals surface area contributed by atoms with E-state index in [2.05, 4.69) is 5.32 Å². The van der Waals surface area contributed by atoms with Crippen LogP contribution in [0.1, 0.15) is 17.3 Å². The van der Waals surface area contributed by atoms with Crippen molar-refractivity contribution < 1.29 is 18.0 Å². The maximum Gasteiger partial charge on any atom is 0.405 e. The predicted octanol–water partition coefficient (Wildman–Crippen LogP) is 2.02. The molecular formula is C12H16F3N3O. The molecule has 3 N–H and O–H groups in total. The average Bonchev–Trinajstić information content (AvgIpc) is 2.27. The number of rotatable bonds is 4. The molecule has 4 nitrogen and oxygen atoms in total. The number of amides is 1. The maximum absolute atomic E-state index is 12.3. The van der Waals surface area contributed by atoms with E-state index in [9.17, 15) is 18.0 Å². The van der Waals surface area contributed by atoms with E-state index < -0.39 is 12.7 Å². The van der Waals surface area contributed by atoms with Gasteiger partial charge < -0.3 is 16.0 Å². The van der Waals surface area contributed by atoms with Crippen LogP contribution >= 0.6 is 0 Å². The summed E-state index contributed by atoms with van der Waals surface area (Å²) in [4.78, 5) is 12.6. The van der Waals surface area contributed by atoms with Crippen LogP contribution in [0, 0.1) is 0 Å². The first kappa shape index (κ1) is 15.1. The van der Waals surface area contributed by atoms with E-state index in [0.29, 0.717) is 6.54 Å². The summed E-state index contributed by atoms with van der Waals surface area (Å²) < 4.78 is 37.0. The zero-order valence-electron chi connectivity index (χ0n) is 10.7.